The highest BCUT2D eigenvalue weighted by atomic mass is 19.4. The fourth-order valence-electron chi connectivity index (χ4n) is 0.920. The molecule has 0 aliphatic heterocycles. The van der Waals surface area contributed by atoms with Gasteiger partial charge in [-0.05, 0) is 12.1 Å². The van der Waals surface area contributed by atoms with Crippen LogP contribution in [0, 0.1) is 0 Å². The van der Waals surface area contributed by atoms with Crippen molar-refractivity contribution in [3.8, 4) is 0 Å². The van der Waals surface area contributed by atoms with Crippen LogP contribution in [0.15, 0.2) is 41.4 Å². The minimum Gasteiger partial charge on any atom is -0.403 e. The van der Waals surface area contributed by atoms with Crippen LogP contribution in [-0.4, -0.2) is 16.9 Å². The number of hydrogen-bond donors (Lipinski definition) is 2. The SMILES string of the molecule is NC=C(N)C(=Nc1cccnc1)C(F)(F)F. The van der Waals surface area contributed by atoms with Crippen molar-refractivity contribution in [2.24, 2.45) is 16.5 Å². The summed E-state index contributed by atoms with van der Waals surface area (Å²) in [6.45, 7) is 0. The molecule has 1 rings (SSSR count). The van der Waals surface area contributed by atoms with E-state index < -0.39 is 17.6 Å². The Labute approximate surface area is 89.5 Å². The Morgan fingerprint density at radius 2 is 2.12 bits per heavy atom. The van der Waals surface area contributed by atoms with Crippen molar-refractivity contribution in [1.29, 1.82) is 0 Å². The molecule has 4 nitrogen and oxygen atoms in total. The third-order valence-corrected chi connectivity index (χ3v) is 1.61. The summed E-state index contributed by atoms with van der Waals surface area (Å²) < 4.78 is 37.5. The Morgan fingerprint density at radius 1 is 1.44 bits per heavy atom. The van der Waals surface area contributed by atoms with Crippen molar-refractivity contribution in [3.05, 3.63) is 36.4 Å². The van der Waals surface area contributed by atoms with Crippen molar-refractivity contribution in [2.45, 2.75) is 6.18 Å². The summed E-state index contributed by atoms with van der Waals surface area (Å²) >= 11 is 0. The molecule has 0 amide bonds. The molecule has 1 aromatic heterocycles. The number of aliphatic imine (C=N–C) groups is 1. The summed E-state index contributed by atoms with van der Waals surface area (Å²) in [6, 6.07) is 2.84. The lowest BCUT2D eigenvalue weighted by atomic mass is 10.2. The number of aromatic nitrogens is 1. The molecule has 0 fully saturated rings. The molecule has 0 aliphatic rings. The lowest BCUT2D eigenvalue weighted by Gasteiger charge is -2.09. The molecular formula is C9H9F3N4. The van der Waals surface area contributed by atoms with Gasteiger partial charge in [0.05, 0.1) is 17.6 Å². The van der Waals surface area contributed by atoms with Crippen LogP contribution in [0.5, 0.6) is 0 Å². The van der Waals surface area contributed by atoms with Gasteiger partial charge in [-0.2, -0.15) is 13.2 Å². The number of halogens is 3. The zero-order valence-corrected chi connectivity index (χ0v) is 8.07. The van der Waals surface area contributed by atoms with Crippen LogP contribution < -0.4 is 11.5 Å². The molecule has 7 heteroatoms. The van der Waals surface area contributed by atoms with E-state index in [4.69, 9.17) is 11.5 Å². The van der Waals surface area contributed by atoms with Gasteiger partial charge in [-0.15, -0.1) is 0 Å². The van der Waals surface area contributed by atoms with E-state index in [2.05, 4.69) is 9.98 Å². The zero-order valence-electron chi connectivity index (χ0n) is 8.07. The molecular weight excluding hydrogens is 221 g/mol. The lowest BCUT2D eigenvalue weighted by molar-refractivity contribution is -0.0582. The molecule has 86 valence electrons. The third-order valence-electron chi connectivity index (χ3n) is 1.61. The van der Waals surface area contributed by atoms with Crippen LogP contribution in [-0.2, 0) is 0 Å². The number of nitrogens with zero attached hydrogens (tertiary/aromatic N) is 2. The Hall–Kier alpha value is -2.05. The van der Waals surface area contributed by atoms with Gasteiger partial charge in [-0.1, -0.05) is 0 Å². The minimum atomic E-state index is -4.66. The second kappa shape index (κ2) is 4.65. The van der Waals surface area contributed by atoms with Crippen LogP contribution in [0.1, 0.15) is 0 Å². The molecule has 0 aliphatic carbocycles. The van der Waals surface area contributed by atoms with Crippen molar-refractivity contribution < 1.29 is 13.2 Å². The summed E-state index contributed by atoms with van der Waals surface area (Å²) in [6.07, 6.45) is -1.39. The summed E-state index contributed by atoms with van der Waals surface area (Å²) in [7, 11) is 0. The van der Waals surface area contributed by atoms with Gasteiger partial charge in [0.2, 0.25) is 0 Å². The van der Waals surface area contributed by atoms with E-state index in [1.165, 1.54) is 24.5 Å². The molecule has 4 N–H and O–H groups in total. The third kappa shape index (κ3) is 2.97. The smallest absolute Gasteiger partial charge is 0.403 e. The second-order valence-corrected chi connectivity index (χ2v) is 2.79. The Bertz CT molecular complexity index is 409. The molecule has 0 saturated carbocycles. The molecule has 0 radical (unpaired) electrons. The van der Waals surface area contributed by atoms with E-state index in [1.54, 1.807) is 0 Å². The highest BCUT2D eigenvalue weighted by molar-refractivity contribution is 6.04. The van der Waals surface area contributed by atoms with E-state index in [0.29, 0.717) is 6.20 Å². The predicted octanol–water partition coefficient (Wildman–Crippen LogP) is 1.48. The quantitative estimate of drug-likeness (QED) is 0.755. The van der Waals surface area contributed by atoms with Crippen LogP contribution in [0.4, 0.5) is 18.9 Å². The number of hydrogen-bond acceptors (Lipinski definition) is 4. The van der Waals surface area contributed by atoms with E-state index >= 15 is 0 Å². The standard InChI is InChI=1S/C9H9F3N4/c10-9(11,12)8(7(14)4-13)16-6-2-1-3-15-5-6/h1-5H,13-14H2. The lowest BCUT2D eigenvalue weighted by Crippen LogP contribution is -2.29. The first-order valence-electron chi connectivity index (χ1n) is 4.19. The Balaban J connectivity index is 3.18. The Kier molecular flexibility index (Phi) is 3.49. The minimum absolute atomic E-state index is 0.0552. The van der Waals surface area contributed by atoms with E-state index in [-0.39, 0.29) is 5.69 Å². The molecule has 1 aromatic rings. The average Bonchev–Trinajstić information content (AvgIpc) is 2.25. The van der Waals surface area contributed by atoms with E-state index in [1.807, 2.05) is 0 Å². The first kappa shape index (κ1) is 12.0. The normalized spacial score (nSPS) is 13.9. The van der Waals surface area contributed by atoms with Gasteiger partial charge >= 0.3 is 6.18 Å². The van der Waals surface area contributed by atoms with Gasteiger partial charge in [0.25, 0.3) is 0 Å². The average molecular weight is 230 g/mol. The molecule has 0 saturated heterocycles. The largest absolute Gasteiger partial charge is 0.435 e. The number of nitrogens with two attached hydrogens (primary N) is 2. The first-order chi connectivity index (χ1) is 7.45. The maximum atomic E-state index is 12.5. The van der Waals surface area contributed by atoms with Gasteiger partial charge in [-0.3, -0.25) is 4.98 Å². The van der Waals surface area contributed by atoms with Gasteiger partial charge < -0.3 is 11.5 Å². The first-order valence-corrected chi connectivity index (χ1v) is 4.19. The number of allylic oxidation sites excluding steroid dienone is 1. The number of alkyl halides is 3. The zero-order chi connectivity index (χ0) is 12.2. The summed E-state index contributed by atoms with van der Waals surface area (Å²) in [4.78, 5) is 7.00. The van der Waals surface area contributed by atoms with Crippen molar-refractivity contribution >= 4 is 11.4 Å². The maximum absolute atomic E-state index is 12.5. The summed E-state index contributed by atoms with van der Waals surface area (Å²) in [5.41, 5.74) is 8.25. The predicted molar refractivity (Wildman–Crippen MR) is 53.8 cm³/mol. The number of rotatable bonds is 2. The maximum Gasteiger partial charge on any atom is 0.435 e. The highest BCUT2D eigenvalue weighted by Crippen LogP contribution is 2.23. The summed E-state index contributed by atoms with van der Waals surface area (Å²) in [5.74, 6) is 0. The van der Waals surface area contributed by atoms with Gasteiger partial charge in [0.15, 0.2) is 5.71 Å². The second-order valence-electron chi connectivity index (χ2n) is 2.79. The Morgan fingerprint density at radius 3 is 2.56 bits per heavy atom. The monoisotopic (exact) mass is 230 g/mol. The molecule has 0 unspecified atom stereocenters. The molecule has 0 bridgehead atoms. The van der Waals surface area contributed by atoms with Crippen LogP contribution in [0.3, 0.4) is 0 Å². The molecule has 1 heterocycles. The fourth-order valence-corrected chi connectivity index (χ4v) is 0.920. The fraction of sp³-hybridized carbons (Fsp3) is 0.111. The highest BCUT2D eigenvalue weighted by Gasteiger charge is 2.37. The summed E-state index contributed by atoms with van der Waals surface area (Å²) in [5, 5.41) is 0. The van der Waals surface area contributed by atoms with Crippen molar-refractivity contribution in [1.82, 2.24) is 4.98 Å². The van der Waals surface area contributed by atoms with Gasteiger partial charge in [0.1, 0.15) is 0 Å². The van der Waals surface area contributed by atoms with E-state index in [9.17, 15) is 13.2 Å². The van der Waals surface area contributed by atoms with Crippen molar-refractivity contribution in [2.75, 3.05) is 0 Å². The van der Waals surface area contributed by atoms with Crippen LogP contribution in [0.25, 0.3) is 0 Å². The van der Waals surface area contributed by atoms with E-state index in [0.717, 1.165) is 0 Å². The van der Waals surface area contributed by atoms with Gasteiger partial charge in [-0.25, -0.2) is 4.99 Å². The number of pyridine rings is 1. The molecule has 16 heavy (non-hydrogen) atoms. The topological polar surface area (TPSA) is 77.3 Å². The van der Waals surface area contributed by atoms with Crippen molar-refractivity contribution in [3.63, 3.8) is 0 Å². The van der Waals surface area contributed by atoms with Gasteiger partial charge in [0, 0.05) is 12.4 Å². The molecule has 0 aromatic carbocycles. The molecule has 0 atom stereocenters. The van der Waals surface area contributed by atoms with Crippen LogP contribution >= 0.6 is 0 Å². The van der Waals surface area contributed by atoms with Crippen LogP contribution in [0.2, 0.25) is 0 Å². The molecule has 0 spiro atoms.